The summed E-state index contributed by atoms with van der Waals surface area (Å²) in [6.45, 7) is 1.07. The van der Waals surface area contributed by atoms with Crippen molar-refractivity contribution in [3.8, 4) is 0 Å². The molecule has 17 heavy (non-hydrogen) atoms. The quantitative estimate of drug-likeness (QED) is 0.759. The fraction of sp³-hybridized carbons (Fsp3) is 0.867. The molecule has 2 aliphatic carbocycles. The van der Waals surface area contributed by atoms with Gasteiger partial charge in [0.1, 0.15) is 0 Å². The second-order valence-corrected chi connectivity index (χ2v) is 6.06. The Kier molecular flexibility index (Phi) is 3.53. The summed E-state index contributed by atoms with van der Waals surface area (Å²) < 4.78 is 6.32. The number of allylic oxidation sites excluding steroid dienone is 1. The number of hydrogen-bond acceptors (Lipinski definition) is 2. The molecule has 3 aliphatic rings. The molecule has 0 aromatic heterocycles. The standard InChI is InChI=1S/C15H25NO/c1-2-6-13(7-3-1)16-12-14-8-11-15(17-14)9-4-5-10-15/h1-2,13-14,16H,3-12H2. The van der Waals surface area contributed by atoms with Gasteiger partial charge in [-0.15, -0.1) is 0 Å². The van der Waals surface area contributed by atoms with E-state index in [1.54, 1.807) is 0 Å². The zero-order valence-electron chi connectivity index (χ0n) is 10.8. The molecular weight excluding hydrogens is 210 g/mol. The lowest BCUT2D eigenvalue weighted by Gasteiger charge is -2.25. The van der Waals surface area contributed by atoms with E-state index >= 15 is 0 Å². The summed E-state index contributed by atoms with van der Waals surface area (Å²) in [7, 11) is 0. The molecule has 1 spiro atoms. The third-order valence-electron chi connectivity index (χ3n) is 4.76. The maximum absolute atomic E-state index is 6.32. The molecule has 2 nitrogen and oxygen atoms in total. The zero-order chi connectivity index (χ0) is 11.6. The summed E-state index contributed by atoms with van der Waals surface area (Å²) in [5.41, 5.74) is 0.304. The van der Waals surface area contributed by atoms with Gasteiger partial charge in [-0.2, -0.15) is 0 Å². The Bertz CT molecular complexity index is 281. The van der Waals surface area contributed by atoms with Crippen molar-refractivity contribution >= 4 is 0 Å². The van der Waals surface area contributed by atoms with Crippen molar-refractivity contribution in [3.63, 3.8) is 0 Å². The Morgan fingerprint density at radius 2 is 2.00 bits per heavy atom. The molecule has 2 unspecified atom stereocenters. The van der Waals surface area contributed by atoms with E-state index in [4.69, 9.17) is 4.74 Å². The van der Waals surface area contributed by atoms with Crippen LogP contribution < -0.4 is 5.32 Å². The second-order valence-electron chi connectivity index (χ2n) is 6.06. The molecule has 1 saturated heterocycles. The van der Waals surface area contributed by atoms with Crippen LogP contribution in [0.5, 0.6) is 0 Å². The van der Waals surface area contributed by atoms with Crippen molar-refractivity contribution in [3.05, 3.63) is 12.2 Å². The first-order chi connectivity index (χ1) is 8.36. The second kappa shape index (κ2) is 5.11. The van der Waals surface area contributed by atoms with Crippen LogP contribution in [-0.4, -0.2) is 24.3 Å². The fourth-order valence-electron chi connectivity index (χ4n) is 3.70. The number of nitrogens with one attached hydrogen (secondary N) is 1. The zero-order valence-corrected chi connectivity index (χ0v) is 10.8. The van der Waals surface area contributed by atoms with Crippen LogP contribution in [0.25, 0.3) is 0 Å². The highest BCUT2D eigenvalue weighted by Crippen LogP contribution is 2.43. The minimum absolute atomic E-state index is 0.304. The molecule has 0 aromatic rings. The normalized spacial score (nSPS) is 35.8. The van der Waals surface area contributed by atoms with Gasteiger partial charge in [0.2, 0.25) is 0 Å². The molecule has 0 bridgehead atoms. The molecule has 1 saturated carbocycles. The number of hydrogen-bond donors (Lipinski definition) is 1. The van der Waals surface area contributed by atoms with E-state index in [2.05, 4.69) is 17.5 Å². The Morgan fingerprint density at radius 1 is 1.12 bits per heavy atom. The number of rotatable bonds is 3. The van der Waals surface area contributed by atoms with Crippen LogP contribution in [0.2, 0.25) is 0 Å². The molecule has 1 aliphatic heterocycles. The summed E-state index contributed by atoms with van der Waals surface area (Å²) >= 11 is 0. The third-order valence-corrected chi connectivity index (χ3v) is 4.76. The van der Waals surface area contributed by atoms with Gasteiger partial charge in [0.05, 0.1) is 11.7 Å². The van der Waals surface area contributed by atoms with Crippen LogP contribution in [0, 0.1) is 0 Å². The molecule has 0 radical (unpaired) electrons. The smallest absolute Gasteiger partial charge is 0.0708 e. The first kappa shape index (κ1) is 11.7. The molecule has 96 valence electrons. The largest absolute Gasteiger partial charge is 0.370 e. The predicted molar refractivity (Wildman–Crippen MR) is 70.1 cm³/mol. The monoisotopic (exact) mass is 235 g/mol. The van der Waals surface area contributed by atoms with E-state index < -0.39 is 0 Å². The lowest BCUT2D eigenvalue weighted by Crippen LogP contribution is -2.37. The van der Waals surface area contributed by atoms with Gasteiger partial charge in [-0.25, -0.2) is 0 Å². The first-order valence-electron chi connectivity index (χ1n) is 7.43. The van der Waals surface area contributed by atoms with Crippen molar-refractivity contribution in [1.29, 1.82) is 0 Å². The fourth-order valence-corrected chi connectivity index (χ4v) is 3.70. The van der Waals surface area contributed by atoms with Gasteiger partial charge in [0.15, 0.2) is 0 Å². The van der Waals surface area contributed by atoms with E-state index in [1.165, 1.54) is 57.8 Å². The van der Waals surface area contributed by atoms with Crippen molar-refractivity contribution in [2.75, 3.05) is 6.54 Å². The van der Waals surface area contributed by atoms with Gasteiger partial charge in [0, 0.05) is 12.6 Å². The summed E-state index contributed by atoms with van der Waals surface area (Å²) in [5, 5.41) is 3.69. The minimum Gasteiger partial charge on any atom is -0.370 e. The highest BCUT2D eigenvalue weighted by atomic mass is 16.5. The van der Waals surface area contributed by atoms with Crippen molar-refractivity contribution in [2.24, 2.45) is 0 Å². The molecule has 2 heteroatoms. The molecule has 2 atom stereocenters. The van der Waals surface area contributed by atoms with Gasteiger partial charge in [0.25, 0.3) is 0 Å². The molecule has 1 heterocycles. The van der Waals surface area contributed by atoms with E-state index in [1.807, 2.05) is 0 Å². The third kappa shape index (κ3) is 2.74. The summed E-state index contributed by atoms with van der Waals surface area (Å²) in [5.74, 6) is 0. The van der Waals surface area contributed by atoms with Crippen LogP contribution in [0.1, 0.15) is 57.8 Å². The lowest BCUT2D eigenvalue weighted by atomic mass is 9.98. The SMILES string of the molecule is C1=CCC(NCC2CCC3(CCCC3)O2)CC1. The van der Waals surface area contributed by atoms with E-state index in [0.29, 0.717) is 17.7 Å². The number of ether oxygens (including phenoxy) is 1. The minimum atomic E-state index is 0.304. The molecule has 2 fully saturated rings. The summed E-state index contributed by atoms with van der Waals surface area (Å²) in [6.07, 6.45) is 16.8. The highest BCUT2D eigenvalue weighted by molar-refractivity contribution is 4.95. The summed E-state index contributed by atoms with van der Waals surface area (Å²) in [4.78, 5) is 0. The molecular formula is C15H25NO. The maximum Gasteiger partial charge on any atom is 0.0708 e. The van der Waals surface area contributed by atoms with Gasteiger partial charge >= 0.3 is 0 Å². The van der Waals surface area contributed by atoms with E-state index in [0.717, 1.165) is 6.54 Å². The van der Waals surface area contributed by atoms with Crippen molar-refractivity contribution in [1.82, 2.24) is 5.32 Å². The van der Waals surface area contributed by atoms with E-state index in [-0.39, 0.29) is 0 Å². The molecule has 0 amide bonds. The van der Waals surface area contributed by atoms with Crippen LogP contribution in [0.15, 0.2) is 12.2 Å². The van der Waals surface area contributed by atoms with E-state index in [9.17, 15) is 0 Å². The Morgan fingerprint density at radius 3 is 2.76 bits per heavy atom. The van der Waals surface area contributed by atoms with Crippen molar-refractivity contribution < 1.29 is 4.74 Å². The van der Waals surface area contributed by atoms with Crippen LogP contribution in [0.4, 0.5) is 0 Å². The van der Waals surface area contributed by atoms with Gasteiger partial charge in [-0.1, -0.05) is 25.0 Å². The Balaban J connectivity index is 1.43. The Labute approximate surface area is 105 Å². The molecule has 1 N–H and O–H groups in total. The highest BCUT2D eigenvalue weighted by Gasteiger charge is 2.41. The van der Waals surface area contributed by atoms with Crippen LogP contribution >= 0.6 is 0 Å². The topological polar surface area (TPSA) is 21.3 Å². The van der Waals surface area contributed by atoms with Crippen LogP contribution in [-0.2, 0) is 4.74 Å². The summed E-state index contributed by atoms with van der Waals surface area (Å²) in [6, 6.07) is 0.698. The van der Waals surface area contributed by atoms with Gasteiger partial charge in [-0.3, -0.25) is 0 Å². The van der Waals surface area contributed by atoms with Gasteiger partial charge < -0.3 is 10.1 Å². The average molecular weight is 235 g/mol. The van der Waals surface area contributed by atoms with Crippen LogP contribution in [0.3, 0.4) is 0 Å². The lowest BCUT2D eigenvalue weighted by molar-refractivity contribution is -0.0359. The van der Waals surface area contributed by atoms with Gasteiger partial charge in [-0.05, 0) is 44.9 Å². The Hall–Kier alpha value is -0.340. The predicted octanol–water partition coefficient (Wildman–Crippen LogP) is 3.18. The first-order valence-corrected chi connectivity index (χ1v) is 7.43. The average Bonchev–Trinajstić information content (AvgIpc) is 2.99. The van der Waals surface area contributed by atoms with Crippen molar-refractivity contribution in [2.45, 2.75) is 75.5 Å². The maximum atomic E-state index is 6.32. The molecule has 0 aromatic carbocycles. The molecule has 3 rings (SSSR count).